The molecule has 0 aliphatic carbocycles. The number of carbonyl (C=O) groups excluding carboxylic acids is 3. The lowest BCUT2D eigenvalue weighted by Crippen LogP contribution is -2.60. The van der Waals surface area contributed by atoms with Crippen molar-refractivity contribution in [1.82, 2.24) is 15.1 Å². The second-order valence-corrected chi connectivity index (χ2v) is 11.0. The Bertz CT molecular complexity index is 1350. The van der Waals surface area contributed by atoms with Crippen LogP contribution in [0, 0.1) is 16.7 Å². The molecular weight excluding hydrogens is 482 g/mol. The molecule has 9 heteroatoms. The number of anilines is 1. The van der Waals surface area contributed by atoms with Gasteiger partial charge in [-0.15, -0.1) is 0 Å². The fourth-order valence-electron chi connectivity index (χ4n) is 6.47. The first-order valence-electron chi connectivity index (χ1n) is 13.2. The number of carbonyl (C=O) groups is 3. The molecule has 3 saturated heterocycles. The minimum Gasteiger partial charge on any atom is -0.497 e. The van der Waals surface area contributed by atoms with E-state index in [2.05, 4.69) is 27.3 Å². The zero-order valence-corrected chi connectivity index (χ0v) is 21.5. The summed E-state index contributed by atoms with van der Waals surface area (Å²) in [5.74, 6) is -0.0837. The predicted octanol–water partition coefficient (Wildman–Crippen LogP) is 2.43. The number of ether oxygens (including phenoxy) is 1. The molecule has 6 rings (SSSR count). The number of piperidine rings is 2. The molecule has 1 N–H and O–H groups in total. The Hall–Kier alpha value is -3.90. The number of rotatable bonds is 5. The molecule has 1 spiro atoms. The molecule has 4 heterocycles. The summed E-state index contributed by atoms with van der Waals surface area (Å²) in [4.78, 5) is 43.6. The number of hydrogen-bond donors (Lipinski definition) is 1. The van der Waals surface area contributed by atoms with E-state index in [-0.39, 0.29) is 29.6 Å². The zero-order chi connectivity index (χ0) is 26.4. The second kappa shape index (κ2) is 9.44. The third kappa shape index (κ3) is 4.19. The summed E-state index contributed by atoms with van der Waals surface area (Å²) in [7, 11) is 1.61. The number of hydrogen-bond acceptors (Lipinski definition) is 7. The van der Waals surface area contributed by atoms with Crippen LogP contribution in [0.4, 0.5) is 5.69 Å². The molecule has 38 heavy (non-hydrogen) atoms. The summed E-state index contributed by atoms with van der Waals surface area (Å²) in [6, 6.07) is 13.2. The Balaban J connectivity index is 1.09. The van der Waals surface area contributed by atoms with Gasteiger partial charge >= 0.3 is 0 Å². The Morgan fingerprint density at radius 3 is 2.63 bits per heavy atom. The number of nitriles is 1. The van der Waals surface area contributed by atoms with E-state index in [4.69, 9.17) is 4.74 Å². The van der Waals surface area contributed by atoms with Crippen LogP contribution in [0.15, 0.2) is 36.4 Å². The number of likely N-dealkylation sites (tertiary alicyclic amines) is 1. The molecule has 3 amide bonds. The SMILES string of the molecule is COc1ccc(CN2CCC3(CC2)CN(c2cccc4c2CN(C2CCC(=O)NC2=O)C4=O)C3)c(C#N)c1. The van der Waals surface area contributed by atoms with Gasteiger partial charge in [0.25, 0.3) is 5.91 Å². The maximum atomic E-state index is 13.2. The molecule has 2 aromatic carbocycles. The lowest BCUT2D eigenvalue weighted by Gasteiger charge is -2.55. The first-order chi connectivity index (χ1) is 18.4. The second-order valence-electron chi connectivity index (χ2n) is 11.0. The number of nitrogens with zero attached hydrogens (tertiary/aromatic N) is 4. The zero-order valence-electron chi connectivity index (χ0n) is 21.5. The van der Waals surface area contributed by atoms with Crippen LogP contribution in [-0.4, -0.2) is 66.9 Å². The summed E-state index contributed by atoms with van der Waals surface area (Å²) in [5, 5.41) is 11.9. The largest absolute Gasteiger partial charge is 0.497 e. The lowest BCUT2D eigenvalue weighted by atomic mass is 9.71. The van der Waals surface area contributed by atoms with E-state index in [0.717, 1.165) is 62.4 Å². The van der Waals surface area contributed by atoms with Gasteiger partial charge in [-0.25, -0.2) is 0 Å². The third-order valence-corrected chi connectivity index (χ3v) is 8.70. The van der Waals surface area contributed by atoms with E-state index in [0.29, 0.717) is 29.8 Å². The van der Waals surface area contributed by atoms with Crippen LogP contribution in [0.3, 0.4) is 0 Å². The highest BCUT2D eigenvalue weighted by Crippen LogP contribution is 2.45. The highest BCUT2D eigenvalue weighted by molar-refractivity contribution is 6.06. The van der Waals surface area contributed by atoms with Gasteiger partial charge < -0.3 is 14.5 Å². The van der Waals surface area contributed by atoms with Crippen molar-refractivity contribution in [1.29, 1.82) is 5.26 Å². The fourth-order valence-corrected chi connectivity index (χ4v) is 6.47. The predicted molar refractivity (Wildman–Crippen MR) is 139 cm³/mol. The molecule has 9 nitrogen and oxygen atoms in total. The first kappa shape index (κ1) is 24.4. The van der Waals surface area contributed by atoms with Crippen molar-refractivity contribution in [3.8, 4) is 11.8 Å². The van der Waals surface area contributed by atoms with Crippen molar-refractivity contribution in [2.45, 2.75) is 44.8 Å². The molecule has 0 radical (unpaired) electrons. The molecule has 1 unspecified atom stereocenters. The van der Waals surface area contributed by atoms with Crippen LogP contribution in [0.2, 0.25) is 0 Å². The molecule has 0 bridgehead atoms. The van der Waals surface area contributed by atoms with Crippen LogP contribution in [-0.2, 0) is 22.7 Å². The number of amides is 3. The van der Waals surface area contributed by atoms with E-state index in [1.807, 2.05) is 24.3 Å². The minimum absolute atomic E-state index is 0.129. The molecule has 4 aliphatic heterocycles. The monoisotopic (exact) mass is 513 g/mol. The quantitative estimate of drug-likeness (QED) is 0.612. The van der Waals surface area contributed by atoms with Gasteiger partial charge in [-0.05, 0) is 62.2 Å². The smallest absolute Gasteiger partial charge is 0.255 e. The van der Waals surface area contributed by atoms with E-state index in [9.17, 15) is 19.6 Å². The molecule has 196 valence electrons. The normalized spacial score (nSPS) is 22.6. The molecule has 3 fully saturated rings. The molecule has 2 aromatic rings. The summed E-state index contributed by atoms with van der Waals surface area (Å²) >= 11 is 0. The van der Waals surface area contributed by atoms with E-state index in [1.54, 1.807) is 18.1 Å². The number of imide groups is 1. The van der Waals surface area contributed by atoms with Gasteiger partial charge in [0, 0.05) is 54.8 Å². The van der Waals surface area contributed by atoms with Gasteiger partial charge in [0.15, 0.2) is 0 Å². The maximum absolute atomic E-state index is 13.2. The Kier molecular flexibility index (Phi) is 6.07. The van der Waals surface area contributed by atoms with Crippen molar-refractivity contribution >= 4 is 23.4 Å². The number of benzene rings is 2. The van der Waals surface area contributed by atoms with Gasteiger partial charge in [0.1, 0.15) is 11.8 Å². The van der Waals surface area contributed by atoms with E-state index in [1.165, 1.54) is 0 Å². The summed E-state index contributed by atoms with van der Waals surface area (Å²) < 4.78 is 5.26. The van der Waals surface area contributed by atoms with Gasteiger partial charge in [-0.1, -0.05) is 12.1 Å². The Morgan fingerprint density at radius 2 is 1.92 bits per heavy atom. The van der Waals surface area contributed by atoms with Crippen LogP contribution in [0.25, 0.3) is 0 Å². The van der Waals surface area contributed by atoms with Gasteiger partial charge in [-0.3, -0.25) is 24.6 Å². The fraction of sp³-hybridized carbons (Fsp3) is 0.448. The number of nitrogens with one attached hydrogen (secondary N) is 1. The number of fused-ring (bicyclic) bond motifs is 1. The van der Waals surface area contributed by atoms with Crippen LogP contribution < -0.4 is 15.0 Å². The average Bonchev–Trinajstić information content (AvgIpc) is 3.24. The standard InChI is InChI=1S/C29H31N5O4/c1-38-21-6-5-19(20(13-21)14-30)15-32-11-9-29(10-12-32)17-33(18-29)24-4-2-3-22-23(24)16-34(28(22)37)25-7-8-26(35)31-27(25)36/h2-6,13,25H,7-12,15-18H2,1H3,(H,31,35,36). The molecule has 0 saturated carbocycles. The molecule has 0 aromatic heterocycles. The summed E-state index contributed by atoms with van der Waals surface area (Å²) in [6.07, 6.45) is 2.82. The Labute approximate surface area is 221 Å². The molecule has 4 aliphatic rings. The molecule has 1 atom stereocenters. The van der Waals surface area contributed by atoms with Crippen molar-refractivity contribution in [3.63, 3.8) is 0 Å². The number of methoxy groups -OCH3 is 1. The molecular formula is C29H31N5O4. The first-order valence-corrected chi connectivity index (χ1v) is 13.2. The topological polar surface area (TPSA) is 106 Å². The van der Waals surface area contributed by atoms with Gasteiger partial charge in [0.05, 0.1) is 18.7 Å². The average molecular weight is 514 g/mol. The van der Waals surface area contributed by atoms with Crippen LogP contribution in [0.5, 0.6) is 5.75 Å². The minimum atomic E-state index is -0.597. The van der Waals surface area contributed by atoms with Crippen molar-refractivity contribution in [2.24, 2.45) is 5.41 Å². The highest BCUT2D eigenvalue weighted by Gasteiger charge is 2.47. The van der Waals surface area contributed by atoms with Crippen molar-refractivity contribution in [2.75, 3.05) is 38.2 Å². The van der Waals surface area contributed by atoms with Crippen LogP contribution in [0.1, 0.15) is 52.7 Å². The van der Waals surface area contributed by atoms with Crippen LogP contribution >= 0.6 is 0 Å². The summed E-state index contributed by atoms with van der Waals surface area (Å²) in [5.41, 5.74) is 4.69. The van der Waals surface area contributed by atoms with Gasteiger partial charge in [0.2, 0.25) is 11.8 Å². The lowest BCUT2D eigenvalue weighted by molar-refractivity contribution is -0.136. The third-order valence-electron chi connectivity index (χ3n) is 8.70. The van der Waals surface area contributed by atoms with Gasteiger partial charge in [-0.2, -0.15) is 5.26 Å². The van der Waals surface area contributed by atoms with E-state index >= 15 is 0 Å². The maximum Gasteiger partial charge on any atom is 0.255 e. The highest BCUT2D eigenvalue weighted by atomic mass is 16.5. The van der Waals surface area contributed by atoms with Crippen molar-refractivity contribution in [3.05, 3.63) is 58.7 Å². The summed E-state index contributed by atoms with van der Waals surface area (Å²) in [6.45, 7) is 5.04. The Morgan fingerprint density at radius 1 is 1.13 bits per heavy atom. The van der Waals surface area contributed by atoms with E-state index < -0.39 is 6.04 Å². The van der Waals surface area contributed by atoms with Crippen molar-refractivity contribution < 1.29 is 19.1 Å².